The molecule has 0 saturated carbocycles. The molecule has 0 amide bonds. The summed E-state index contributed by atoms with van der Waals surface area (Å²) in [6, 6.07) is 0.247. The van der Waals surface area contributed by atoms with Gasteiger partial charge in [-0.15, -0.1) is 11.3 Å². The average Bonchev–Trinajstić information content (AvgIpc) is 2.99. The van der Waals surface area contributed by atoms with Crippen molar-refractivity contribution in [2.24, 2.45) is 0 Å². The molecule has 1 N–H and O–H groups in total. The zero-order chi connectivity index (χ0) is 13.7. The summed E-state index contributed by atoms with van der Waals surface area (Å²) >= 11 is 1.73. The summed E-state index contributed by atoms with van der Waals surface area (Å²) in [5.74, 6) is 1.12. The molecule has 2 aromatic heterocycles. The standard InChI is InChI=1S/C14H22N4S/c1-4-7-18-8-6-16-14(18)12(15-5-2)9-13-17-11(3)10-19-13/h6,8,10,12,15H,4-5,7,9H2,1-3H3. The molecular weight excluding hydrogens is 256 g/mol. The van der Waals surface area contributed by atoms with Gasteiger partial charge in [0, 0.05) is 36.4 Å². The van der Waals surface area contributed by atoms with Gasteiger partial charge in [-0.2, -0.15) is 0 Å². The number of hydrogen-bond acceptors (Lipinski definition) is 4. The van der Waals surface area contributed by atoms with Crippen LogP contribution in [0.1, 0.15) is 42.8 Å². The smallest absolute Gasteiger partial charge is 0.126 e. The van der Waals surface area contributed by atoms with E-state index in [1.165, 1.54) is 5.01 Å². The lowest BCUT2D eigenvalue weighted by Gasteiger charge is -2.18. The Morgan fingerprint density at radius 3 is 2.89 bits per heavy atom. The van der Waals surface area contributed by atoms with Crippen LogP contribution in [0, 0.1) is 6.92 Å². The van der Waals surface area contributed by atoms with Crippen molar-refractivity contribution >= 4 is 11.3 Å². The van der Waals surface area contributed by atoms with Crippen LogP contribution < -0.4 is 5.32 Å². The van der Waals surface area contributed by atoms with Crippen molar-refractivity contribution < 1.29 is 0 Å². The number of nitrogens with one attached hydrogen (secondary N) is 1. The molecule has 0 bridgehead atoms. The topological polar surface area (TPSA) is 42.7 Å². The zero-order valence-corrected chi connectivity index (χ0v) is 12.7. The first-order chi connectivity index (χ1) is 9.24. The number of imidazole rings is 1. The number of rotatable bonds is 7. The van der Waals surface area contributed by atoms with Crippen LogP contribution in [-0.2, 0) is 13.0 Å². The second kappa shape index (κ2) is 6.82. The monoisotopic (exact) mass is 278 g/mol. The van der Waals surface area contributed by atoms with E-state index in [0.29, 0.717) is 0 Å². The molecule has 5 heteroatoms. The van der Waals surface area contributed by atoms with Gasteiger partial charge in [-0.1, -0.05) is 13.8 Å². The Balaban J connectivity index is 2.16. The van der Waals surface area contributed by atoms with Crippen LogP contribution in [0.4, 0.5) is 0 Å². The second-order valence-corrected chi connectivity index (χ2v) is 5.62. The molecule has 2 rings (SSSR count). The normalized spacial score (nSPS) is 12.8. The van der Waals surface area contributed by atoms with Crippen LogP contribution in [0.3, 0.4) is 0 Å². The van der Waals surface area contributed by atoms with Crippen LogP contribution >= 0.6 is 11.3 Å². The lowest BCUT2D eigenvalue weighted by molar-refractivity contribution is 0.487. The SMILES string of the molecule is CCCn1ccnc1C(Cc1nc(C)cs1)NCC. The Morgan fingerprint density at radius 2 is 2.26 bits per heavy atom. The van der Waals surface area contributed by atoms with Gasteiger partial charge in [0.2, 0.25) is 0 Å². The Hall–Kier alpha value is -1.20. The number of aryl methyl sites for hydroxylation is 2. The van der Waals surface area contributed by atoms with Gasteiger partial charge in [0.15, 0.2) is 0 Å². The third-order valence-electron chi connectivity index (χ3n) is 3.02. The van der Waals surface area contributed by atoms with E-state index in [4.69, 9.17) is 0 Å². The molecule has 0 radical (unpaired) electrons. The lowest BCUT2D eigenvalue weighted by Crippen LogP contribution is -2.26. The minimum Gasteiger partial charge on any atom is -0.334 e. The van der Waals surface area contributed by atoms with Crippen LogP contribution in [0.15, 0.2) is 17.8 Å². The predicted octanol–water partition coefficient (Wildman–Crippen LogP) is 2.95. The highest BCUT2D eigenvalue weighted by Gasteiger charge is 2.17. The Kier molecular flexibility index (Phi) is 5.10. The van der Waals surface area contributed by atoms with E-state index in [1.54, 1.807) is 11.3 Å². The van der Waals surface area contributed by atoms with Gasteiger partial charge in [-0.05, 0) is 19.9 Å². The van der Waals surface area contributed by atoms with Crippen molar-refractivity contribution in [1.82, 2.24) is 19.9 Å². The molecule has 0 aromatic carbocycles. The van der Waals surface area contributed by atoms with Crippen LogP contribution in [0.25, 0.3) is 0 Å². The van der Waals surface area contributed by atoms with Gasteiger partial charge in [-0.3, -0.25) is 0 Å². The molecular formula is C14H22N4S. The van der Waals surface area contributed by atoms with Gasteiger partial charge in [0.05, 0.1) is 11.0 Å². The van der Waals surface area contributed by atoms with Crippen LogP contribution in [0.5, 0.6) is 0 Å². The van der Waals surface area contributed by atoms with E-state index in [-0.39, 0.29) is 6.04 Å². The van der Waals surface area contributed by atoms with Gasteiger partial charge in [-0.25, -0.2) is 9.97 Å². The van der Waals surface area contributed by atoms with E-state index in [1.807, 2.05) is 13.1 Å². The number of hydrogen-bond donors (Lipinski definition) is 1. The summed E-state index contributed by atoms with van der Waals surface area (Å²) in [7, 11) is 0. The van der Waals surface area contributed by atoms with Gasteiger partial charge in [0.25, 0.3) is 0 Å². The predicted molar refractivity (Wildman–Crippen MR) is 79.5 cm³/mol. The van der Waals surface area contributed by atoms with Crippen molar-refractivity contribution in [3.8, 4) is 0 Å². The van der Waals surface area contributed by atoms with E-state index in [0.717, 1.165) is 37.4 Å². The first kappa shape index (κ1) is 14.2. The molecule has 2 aromatic rings. The van der Waals surface area contributed by atoms with Gasteiger partial charge >= 0.3 is 0 Å². The maximum Gasteiger partial charge on any atom is 0.126 e. The third kappa shape index (κ3) is 3.64. The van der Waals surface area contributed by atoms with Crippen molar-refractivity contribution in [3.63, 3.8) is 0 Å². The Labute approximate surface area is 118 Å². The highest BCUT2D eigenvalue weighted by molar-refractivity contribution is 7.09. The maximum absolute atomic E-state index is 4.56. The quantitative estimate of drug-likeness (QED) is 0.846. The van der Waals surface area contributed by atoms with E-state index >= 15 is 0 Å². The minimum atomic E-state index is 0.247. The maximum atomic E-state index is 4.56. The molecule has 0 fully saturated rings. The molecule has 19 heavy (non-hydrogen) atoms. The first-order valence-electron chi connectivity index (χ1n) is 6.90. The van der Waals surface area contributed by atoms with E-state index < -0.39 is 0 Å². The van der Waals surface area contributed by atoms with Crippen molar-refractivity contribution in [3.05, 3.63) is 34.3 Å². The molecule has 1 unspecified atom stereocenters. The number of aromatic nitrogens is 3. The molecule has 0 aliphatic heterocycles. The van der Waals surface area contributed by atoms with Crippen molar-refractivity contribution in [1.29, 1.82) is 0 Å². The molecule has 0 saturated heterocycles. The van der Waals surface area contributed by atoms with Crippen LogP contribution in [0.2, 0.25) is 0 Å². The molecule has 1 atom stereocenters. The minimum absolute atomic E-state index is 0.247. The zero-order valence-electron chi connectivity index (χ0n) is 11.9. The first-order valence-corrected chi connectivity index (χ1v) is 7.78. The summed E-state index contributed by atoms with van der Waals surface area (Å²) < 4.78 is 2.24. The fourth-order valence-electron chi connectivity index (χ4n) is 2.23. The summed E-state index contributed by atoms with van der Waals surface area (Å²) in [4.78, 5) is 9.09. The largest absolute Gasteiger partial charge is 0.334 e. The third-order valence-corrected chi connectivity index (χ3v) is 4.01. The van der Waals surface area contributed by atoms with Crippen molar-refractivity contribution in [2.45, 2.75) is 46.2 Å². The highest BCUT2D eigenvalue weighted by atomic mass is 32.1. The van der Waals surface area contributed by atoms with Gasteiger partial charge in [0.1, 0.15) is 5.82 Å². The molecule has 0 spiro atoms. The van der Waals surface area contributed by atoms with Gasteiger partial charge < -0.3 is 9.88 Å². The molecule has 0 aliphatic carbocycles. The van der Waals surface area contributed by atoms with E-state index in [2.05, 4.69) is 45.3 Å². The number of nitrogens with zero attached hydrogens (tertiary/aromatic N) is 3. The number of thiazole rings is 1. The summed E-state index contributed by atoms with van der Waals surface area (Å²) in [5.41, 5.74) is 1.10. The average molecular weight is 278 g/mol. The highest BCUT2D eigenvalue weighted by Crippen LogP contribution is 2.20. The molecule has 0 aliphatic rings. The summed E-state index contributed by atoms with van der Waals surface area (Å²) in [6.45, 7) is 8.33. The molecule has 2 heterocycles. The fourth-order valence-corrected chi connectivity index (χ4v) is 3.05. The lowest BCUT2D eigenvalue weighted by atomic mass is 10.2. The van der Waals surface area contributed by atoms with Crippen molar-refractivity contribution in [2.75, 3.05) is 6.54 Å². The number of likely N-dealkylation sites (N-methyl/N-ethyl adjacent to an activating group) is 1. The molecule has 104 valence electrons. The Morgan fingerprint density at radius 1 is 1.42 bits per heavy atom. The van der Waals surface area contributed by atoms with E-state index in [9.17, 15) is 0 Å². The summed E-state index contributed by atoms with van der Waals surface area (Å²) in [6.07, 6.45) is 5.99. The second-order valence-electron chi connectivity index (χ2n) is 4.68. The molecule has 4 nitrogen and oxygen atoms in total. The van der Waals surface area contributed by atoms with Crippen LogP contribution in [-0.4, -0.2) is 21.1 Å². The fraction of sp³-hybridized carbons (Fsp3) is 0.571. The Bertz CT molecular complexity index is 503. The summed E-state index contributed by atoms with van der Waals surface area (Å²) in [5, 5.41) is 6.81.